The second-order valence-electron chi connectivity index (χ2n) is 6.67. The molecule has 4 N–H and O–H groups in total. The number of benzene rings is 2. The zero-order valence-electron chi connectivity index (χ0n) is 16.7. The van der Waals surface area contributed by atoms with Gasteiger partial charge >= 0.3 is 0 Å². The number of amides is 1. The molecular weight excluding hydrogens is 369 g/mol. The van der Waals surface area contributed by atoms with Gasteiger partial charge in [-0.1, -0.05) is 12.1 Å². The van der Waals surface area contributed by atoms with Crippen molar-refractivity contribution in [1.82, 2.24) is 20.9 Å². The van der Waals surface area contributed by atoms with Gasteiger partial charge < -0.3 is 20.9 Å². The molecule has 0 bridgehead atoms. The Balaban J connectivity index is 1.53. The van der Waals surface area contributed by atoms with Crippen LogP contribution in [0.25, 0.3) is 10.9 Å². The highest BCUT2D eigenvalue weighted by Crippen LogP contribution is 2.19. The second kappa shape index (κ2) is 9.73. The maximum absolute atomic E-state index is 13.5. The number of halogens is 1. The van der Waals surface area contributed by atoms with E-state index >= 15 is 0 Å². The van der Waals surface area contributed by atoms with Crippen LogP contribution in [-0.2, 0) is 13.0 Å². The number of aromatic amines is 1. The van der Waals surface area contributed by atoms with Gasteiger partial charge in [0, 0.05) is 49.3 Å². The van der Waals surface area contributed by atoms with E-state index in [2.05, 4.69) is 25.9 Å². The molecule has 0 aliphatic rings. The molecule has 0 aliphatic heterocycles. The normalized spacial score (nSPS) is 11.5. The van der Waals surface area contributed by atoms with Crippen molar-refractivity contribution in [2.75, 3.05) is 20.1 Å². The van der Waals surface area contributed by atoms with Crippen molar-refractivity contribution in [3.05, 3.63) is 71.2 Å². The van der Waals surface area contributed by atoms with Crippen LogP contribution >= 0.6 is 0 Å². The molecule has 7 heteroatoms. The number of nitrogens with zero attached hydrogens (tertiary/aromatic N) is 1. The van der Waals surface area contributed by atoms with Crippen LogP contribution in [0.4, 0.5) is 4.39 Å². The fourth-order valence-electron chi connectivity index (χ4n) is 3.16. The highest BCUT2D eigenvalue weighted by atomic mass is 19.1. The number of carbonyl (C=O) groups excluding carboxylic acids is 1. The van der Waals surface area contributed by atoms with E-state index in [1.54, 1.807) is 25.2 Å². The molecule has 1 amide bonds. The molecule has 0 aliphatic carbocycles. The lowest BCUT2D eigenvalue weighted by atomic mass is 10.1. The Hall–Kier alpha value is -3.35. The van der Waals surface area contributed by atoms with Crippen LogP contribution in [0.15, 0.2) is 53.7 Å². The van der Waals surface area contributed by atoms with Crippen molar-refractivity contribution < 1.29 is 9.18 Å². The van der Waals surface area contributed by atoms with Crippen LogP contribution < -0.4 is 16.0 Å². The summed E-state index contributed by atoms with van der Waals surface area (Å²) >= 11 is 0. The van der Waals surface area contributed by atoms with Crippen LogP contribution in [0.2, 0.25) is 0 Å². The molecule has 0 unspecified atom stereocenters. The van der Waals surface area contributed by atoms with Crippen molar-refractivity contribution in [2.45, 2.75) is 19.9 Å². The first-order valence-corrected chi connectivity index (χ1v) is 9.68. The smallest absolute Gasteiger partial charge is 0.251 e. The molecule has 1 aromatic heterocycles. The highest BCUT2D eigenvalue weighted by molar-refractivity contribution is 5.94. The van der Waals surface area contributed by atoms with E-state index in [9.17, 15) is 9.18 Å². The highest BCUT2D eigenvalue weighted by Gasteiger charge is 2.07. The lowest BCUT2D eigenvalue weighted by Gasteiger charge is -2.12. The molecule has 6 nitrogen and oxygen atoms in total. The lowest BCUT2D eigenvalue weighted by Crippen LogP contribution is -2.37. The number of hydrogen-bond donors (Lipinski definition) is 4. The molecule has 1 heterocycles. The number of rotatable bonds is 7. The van der Waals surface area contributed by atoms with Crippen molar-refractivity contribution in [3.8, 4) is 0 Å². The fourth-order valence-corrected chi connectivity index (χ4v) is 3.16. The van der Waals surface area contributed by atoms with Gasteiger partial charge in [-0.05, 0) is 54.8 Å². The van der Waals surface area contributed by atoms with Gasteiger partial charge in [0.1, 0.15) is 5.82 Å². The van der Waals surface area contributed by atoms with Gasteiger partial charge in [0.05, 0.1) is 0 Å². The number of hydrogen-bond acceptors (Lipinski definition) is 2. The van der Waals surface area contributed by atoms with Gasteiger partial charge in [-0.2, -0.15) is 0 Å². The average molecular weight is 395 g/mol. The van der Waals surface area contributed by atoms with E-state index in [0.717, 1.165) is 28.5 Å². The molecule has 3 rings (SSSR count). The zero-order chi connectivity index (χ0) is 20.6. The van der Waals surface area contributed by atoms with E-state index in [0.29, 0.717) is 31.2 Å². The van der Waals surface area contributed by atoms with Crippen molar-refractivity contribution >= 4 is 22.8 Å². The molecular formula is C22H26FN5O. The average Bonchev–Trinajstić information content (AvgIpc) is 3.13. The molecule has 0 spiro atoms. The summed E-state index contributed by atoms with van der Waals surface area (Å²) in [4.78, 5) is 19.4. The number of carbonyl (C=O) groups is 1. The topological polar surface area (TPSA) is 81.3 Å². The van der Waals surface area contributed by atoms with Gasteiger partial charge in [-0.25, -0.2) is 4.39 Å². The number of H-pyrrole nitrogens is 1. The molecule has 0 fully saturated rings. The summed E-state index contributed by atoms with van der Waals surface area (Å²) < 4.78 is 13.5. The fraction of sp³-hybridized carbons (Fsp3) is 0.273. The van der Waals surface area contributed by atoms with Gasteiger partial charge in [-0.15, -0.1) is 0 Å². The van der Waals surface area contributed by atoms with Crippen LogP contribution in [-0.4, -0.2) is 37.0 Å². The third kappa shape index (κ3) is 5.34. The summed E-state index contributed by atoms with van der Waals surface area (Å²) in [7, 11) is 1.71. The van der Waals surface area contributed by atoms with E-state index < -0.39 is 0 Å². The van der Waals surface area contributed by atoms with Gasteiger partial charge in [-0.3, -0.25) is 9.79 Å². The minimum atomic E-state index is -0.237. The Labute approximate surface area is 169 Å². The Kier molecular flexibility index (Phi) is 6.84. The molecule has 0 radical (unpaired) electrons. The first-order valence-electron chi connectivity index (χ1n) is 9.68. The zero-order valence-corrected chi connectivity index (χ0v) is 16.7. The number of aromatic nitrogens is 1. The molecule has 0 saturated heterocycles. The van der Waals surface area contributed by atoms with Crippen LogP contribution in [0.1, 0.15) is 28.4 Å². The van der Waals surface area contributed by atoms with Gasteiger partial charge in [0.2, 0.25) is 0 Å². The van der Waals surface area contributed by atoms with Crippen molar-refractivity contribution in [2.24, 2.45) is 4.99 Å². The molecule has 2 aromatic carbocycles. The summed E-state index contributed by atoms with van der Waals surface area (Å²) in [5.74, 6) is 0.352. The third-order valence-corrected chi connectivity index (χ3v) is 4.63. The van der Waals surface area contributed by atoms with Crippen molar-refractivity contribution in [1.29, 1.82) is 0 Å². The predicted molar refractivity (Wildman–Crippen MR) is 115 cm³/mol. The summed E-state index contributed by atoms with van der Waals surface area (Å²) in [6, 6.07) is 12.2. The van der Waals surface area contributed by atoms with E-state index in [1.165, 1.54) is 6.07 Å². The summed E-state index contributed by atoms with van der Waals surface area (Å²) in [6.07, 6.45) is 2.64. The quantitative estimate of drug-likeness (QED) is 0.367. The lowest BCUT2D eigenvalue weighted by molar-refractivity contribution is 0.0955. The Morgan fingerprint density at radius 3 is 2.79 bits per heavy atom. The van der Waals surface area contributed by atoms with E-state index in [-0.39, 0.29) is 11.7 Å². The van der Waals surface area contributed by atoms with Gasteiger partial charge in [0.25, 0.3) is 5.91 Å². The van der Waals surface area contributed by atoms with Crippen LogP contribution in [0, 0.1) is 5.82 Å². The Morgan fingerprint density at radius 2 is 2.00 bits per heavy atom. The first-order chi connectivity index (χ1) is 14.1. The Bertz CT molecular complexity index is 1010. The summed E-state index contributed by atoms with van der Waals surface area (Å²) in [6.45, 7) is 3.69. The Morgan fingerprint density at radius 1 is 1.14 bits per heavy atom. The molecule has 3 aromatic rings. The van der Waals surface area contributed by atoms with Crippen LogP contribution in [0.5, 0.6) is 0 Å². The predicted octanol–water partition coefficient (Wildman–Crippen LogP) is 2.96. The maximum Gasteiger partial charge on any atom is 0.251 e. The minimum absolute atomic E-state index is 0.0768. The van der Waals surface area contributed by atoms with Crippen molar-refractivity contribution in [3.63, 3.8) is 0 Å². The SMILES string of the molecule is CCNC(=O)c1cccc(CNC(=NC)NCCc2c[nH]c3ccc(F)cc23)c1. The molecule has 0 atom stereocenters. The number of guanidine groups is 1. The summed E-state index contributed by atoms with van der Waals surface area (Å²) in [5.41, 5.74) is 3.61. The monoisotopic (exact) mass is 395 g/mol. The third-order valence-electron chi connectivity index (χ3n) is 4.63. The number of aliphatic imine (C=N–C) groups is 1. The maximum atomic E-state index is 13.5. The molecule has 29 heavy (non-hydrogen) atoms. The van der Waals surface area contributed by atoms with E-state index in [1.807, 2.05) is 31.3 Å². The largest absolute Gasteiger partial charge is 0.361 e. The minimum Gasteiger partial charge on any atom is -0.361 e. The molecule has 152 valence electrons. The van der Waals surface area contributed by atoms with Crippen LogP contribution in [0.3, 0.4) is 0 Å². The van der Waals surface area contributed by atoms with E-state index in [4.69, 9.17) is 0 Å². The number of nitrogens with one attached hydrogen (secondary N) is 4. The number of fused-ring (bicyclic) bond motifs is 1. The summed E-state index contributed by atoms with van der Waals surface area (Å²) in [5, 5.41) is 10.2. The standard InChI is InChI=1S/C22H26FN5O/c1-3-25-21(29)16-6-4-5-15(11-16)13-28-22(24-2)26-10-9-17-14-27-20-8-7-18(23)12-19(17)20/h4-8,11-12,14,27H,3,9-10,13H2,1-2H3,(H,25,29)(H2,24,26,28). The van der Waals surface area contributed by atoms with Gasteiger partial charge in [0.15, 0.2) is 5.96 Å². The second-order valence-corrected chi connectivity index (χ2v) is 6.67. The molecule has 0 saturated carbocycles. The first kappa shape index (κ1) is 20.4.